The van der Waals surface area contributed by atoms with Crippen molar-refractivity contribution in [2.24, 2.45) is 5.92 Å². The Hall–Kier alpha value is -3.33. The highest BCUT2D eigenvalue weighted by Gasteiger charge is 2.30. The smallest absolute Gasteiger partial charge is 0.274 e. The number of nitrogens with one attached hydrogen (secondary N) is 1. The van der Waals surface area contributed by atoms with E-state index < -0.39 is 0 Å². The molecule has 1 aliphatic heterocycles. The molecule has 3 aromatic rings. The molecule has 2 amide bonds. The largest absolute Gasteiger partial charge is 0.496 e. The first-order chi connectivity index (χ1) is 17.1. The molecule has 0 bridgehead atoms. The number of ether oxygens (including phenoxy) is 1. The monoisotopic (exact) mass is 491 g/mol. The summed E-state index contributed by atoms with van der Waals surface area (Å²) in [6, 6.07) is 6.36. The molecule has 0 spiro atoms. The van der Waals surface area contributed by atoms with Crippen LogP contribution in [0.15, 0.2) is 42.2 Å². The second kappa shape index (κ2) is 10.5. The Labute approximate surface area is 208 Å². The maximum Gasteiger partial charge on any atom is 0.274 e. The summed E-state index contributed by atoms with van der Waals surface area (Å²) >= 11 is 1.40. The van der Waals surface area contributed by atoms with Crippen LogP contribution in [0.2, 0.25) is 0 Å². The highest BCUT2D eigenvalue weighted by atomic mass is 32.1. The van der Waals surface area contributed by atoms with Gasteiger partial charge in [0.1, 0.15) is 11.4 Å². The van der Waals surface area contributed by atoms with Crippen molar-refractivity contribution in [3.8, 4) is 17.0 Å². The third-order valence-corrected chi connectivity index (χ3v) is 7.68. The molecule has 1 saturated carbocycles. The number of rotatable bonds is 6. The lowest BCUT2D eigenvalue weighted by atomic mass is 9.95. The van der Waals surface area contributed by atoms with Crippen LogP contribution in [0.1, 0.15) is 60.5 Å². The number of hydrogen-bond acceptors (Lipinski definition) is 7. The van der Waals surface area contributed by atoms with E-state index >= 15 is 0 Å². The lowest BCUT2D eigenvalue weighted by molar-refractivity contribution is -0.121. The van der Waals surface area contributed by atoms with Gasteiger partial charge in [0.15, 0.2) is 5.13 Å². The Bertz CT molecular complexity index is 1190. The fourth-order valence-electron chi connectivity index (χ4n) is 5.05. The lowest BCUT2D eigenvalue weighted by Gasteiger charge is -2.31. The maximum absolute atomic E-state index is 13.0. The molecule has 5 rings (SSSR count). The summed E-state index contributed by atoms with van der Waals surface area (Å²) < 4.78 is 5.60. The summed E-state index contributed by atoms with van der Waals surface area (Å²) in [5.74, 6) is 0.768. The summed E-state index contributed by atoms with van der Waals surface area (Å²) in [4.78, 5) is 40.2. The van der Waals surface area contributed by atoms with Crippen LogP contribution < -0.4 is 10.1 Å². The molecule has 2 aromatic heterocycles. The van der Waals surface area contributed by atoms with Crippen LogP contribution in [-0.2, 0) is 4.79 Å². The number of carbonyl (C=O) groups is 2. The molecule has 1 aliphatic carbocycles. The van der Waals surface area contributed by atoms with Crippen molar-refractivity contribution in [3.63, 3.8) is 0 Å². The molecule has 0 radical (unpaired) electrons. The van der Waals surface area contributed by atoms with Gasteiger partial charge < -0.3 is 15.0 Å². The van der Waals surface area contributed by atoms with Crippen molar-refractivity contribution in [2.45, 2.75) is 44.4 Å². The van der Waals surface area contributed by atoms with Gasteiger partial charge in [-0.25, -0.2) is 9.97 Å². The number of methoxy groups -OCH3 is 1. The Balaban J connectivity index is 1.27. The van der Waals surface area contributed by atoms with E-state index in [1.54, 1.807) is 12.0 Å². The zero-order chi connectivity index (χ0) is 24.2. The third-order valence-electron chi connectivity index (χ3n) is 6.92. The standard InChI is InChI=1S/C26H29N5O3S/c1-34-23-9-8-18(17-5-2-3-6-17)13-20(23)22-16-35-26(29-22)30-24(32)19-7-4-12-31(15-19)25(33)21-14-27-10-11-28-21/h8-11,13-14,16-17,19H,2-7,12,15H2,1H3,(H,29,30,32). The van der Waals surface area contributed by atoms with Gasteiger partial charge in [-0.1, -0.05) is 18.9 Å². The number of piperidine rings is 1. The number of carbonyl (C=O) groups excluding carboxylic acids is 2. The number of thiazole rings is 1. The fourth-order valence-corrected chi connectivity index (χ4v) is 5.76. The minimum Gasteiger partial charge on any atom is -0.496 e. The molecule has 1 saturated heterocycles. The highest BCUT2D eigenvalue weighted by molar-refractivity contribution is 7.14. The minimum absolute atomic E-state index is 0.116. The first-order valence-electron chi connectivity index (χ1n) is 12.1. The lowest BCUT2D eigenvalue weighted by Crippen LogP contribution is -2.44. The predicted octanol–water partition coefficient (Wildman–Crippen LogP) is 4.76. The van der Waals surface area contributed by atoms with Gasteiger partial charge in [0.25, 0.3) is 5.91 Å². The van der Waals surface area contributed by atoms with Crippen LogP contribution >= 0.6 is 11.3 Å². The first kappa shape index (κ1) is 23.4. The Morgan fingerprint density at radius 1 is 1.14 bits per heavy atom. The first-order valence-corrected chi connectivity index (χ1v) is 13.0. The summed E-state index contributed by atoms with van der Waals surface area (Å²) in [6.07, 6.45) is 11.0. The van der Waals surface area contributed by atoms with E-state index in [9.17, 15) is 9.59 Å². The summed E-state index contributed by atoms with van der Waals surface area (Å²) in [5.41, 5.74) is 3.37. The summed E-state index contributed by atoms with van der Waals surface area (Å²) in [6.45, 7) is 0.967. The average molecular weight is 492 g/mol. The second-order valence-corrected chi connectivity index (χ2v) is 10.0. The highest BCUT2D eigenvalue weighted by Crippen LogP contribution is 2.39. The molecule has 3 heterocycles. The van der Waals surface area contributed by atoms with Gasteiger partial charge in [-0.2, -0.15) is 0 Å². The molecule has 1 unspecified atom stereocenters. The number of amides is 2. The second-order valence-electron chi connectivity index (χ2n) is 9.15. The van der Waals surface area contributed by atoms with Gasteiger partial charge >= 0.3 is 0 Å². The number of nitrogens with zero attached hydrogens (tertiary/aromatic N) is 4. The molecule has 8 nitrogen and oxygen atoms in total. The van der Waals surface area contributed by atoms with E-state index in [4.69, 9.17) is 9.72 Å². The average Bonchev–Trinajstić information content (AvgIpc) is 3.61. The molecule has 35 heavy (non-hydrogen) atoms. The van der Waals surface area contributed by atoms with Gasteiger partial charge in [-0.3, -0.25) is 14.6 Å². The van der Waals surface area contributed by atoms with Gasteiger partial charge in [-0.05, 0) is 49.3 Å². The Morgan fingerprint density at radius 3 is 2.77 bits per heavy atom. The number of aromatic nitrogens is 3. The predicted molar refractivity (Wildman–Crippen MR) is 135 cm³/mol. The van der Waals surface area contributed by atoms with Gasteiger partial charge in [0, 0.05) is 36.4 Å². The third kappa shape index (κ3) is 5.19. The number of likely N-dealkylation sites (tertiary alicyclic amines) is 1. The van der Waals surface area contributed by atoms with Crippen LogP contribution in [0.5, 0.6) is 5.75 Å². The fraction of sp³-hybridized carbons (Fsp3) is 0.423. The molecule has 2 aliphatic rings. The van der Waals surface area contributed by atoms with E-state index in [-0.39, 0.29) is 17.7 Å². The zero-order valence-electron chi connectivity index (χ0n) is 19.8. The van der Waals surface area contributed by atoms with Crippen LogP contribution in [0.3, 0.4) is 0 Å². The van der Waals surface area contributed by atoms with Crippen molar-refractivity contribution in [2.75, 3.05) is 25.5 Å². The zero-order valence-corrected chi connectivity index (χ0v) is 20.6. The van der Waals surface area contributed by atoms with Crippen LogP contribution in [-0.4, -0.2) is 51.9 Å². The van der Waals surface area contributed by atoms with Crippen molar-refractivity contribution >= 4 is 28.3 Å². The van der Waals surface area contributed by atoms with Crippen LogP contribution in [0, 0.1) is 5.92 Å². The van der Waals surface area contributed by atoms with Crippen molar-refractivity contribution in [3.05, 3.63) is 53.4 Å². The van der Waals surface area contributed by atoms with E-state index in [0.29, 0.717) is 29.8 Å². The minimum atomic E-state index is -0.294. The molecular formula is C26H29N5O3S. The molecule has 1 N–H and O–H groups in total. The SMILES string of the molecule is COc1ccc(C2CCCC2)cc1-c1csc(NC(=O)C2CCCN(C(=O)c3cnccn3)C2)n1. The quantitative estimate of drug-likeness (QED) is 0.534. The number of anilines is 1. The normalized spacial score (nSPS) is 18.4. The van der Waals surface area contributed by atoms with Gasteiger partial charge in [-0.15, -0.1) is 11.3 Å². The Morgan fingerprint density at radius 2 is 2.00 bits per heavy atom. The van der Waals surface area contributed by atoms with Crippen LogP contribution in [0.25, 0.3) is 11.3 Å². The van der Waals surface area contributed by atoms with E-state index in [1.165, 1.54) is 61.2 Å². The maximum atomic E-state index is 13.0. The van der Waals surface area contributed by atoms with Gasteiger partial charge in [0.05, 0.1) is 24.9 Å². The van der Waals surface area contributed by atoms with E-state index in [1.807, 2.05) is 11.4 Å². The molecule has 9 heteroatoms. The van der Waals surface area contributed by atoms with Crippen molar-refractivity contribution in [1.29, 1.82) is 0 Å². The molecular weight excluding hydrogens is 462 g/mol. The topological polar surface area (TPSA) is 97.3 Å². The van der Waals surface area contributed by atoms with Crippen molar-refractivity contribution in [1.82, 2.24) is 19.9 Å². The molecule has 1 aromatic carbocycles. The summed E-state index contributed by atoms with van der Waals surface area (Å²) in [7, 11) is 1.67. The molecule has 2 fully saturated rings. The summed E-state index contributed by atoms with van der Waals surface area (Å²) in [5, 5.41) is 5.48. The Kier molecular flexibility index (Phi) is 7.03. The number of hydrogen-bond donors (Lipinski definition) is 1. The molecule has 1 atom stereocenters. The van der Waals surface area contributed by atoms with Crippen LogP contribution in [0.4, 0.5) is 5.13 Å². The van der Waals surface area contributed by atoms with Crippen molar-refractivity contribution < 1.29 is 14.3 Å². The van der Waals surface area contributed by atoms with E-state index in [2.05, 4.69) is 27.4 Å². The molecule has 182 valence electrons. The van der Waals surface area contributed by atoms with Gasteiger partial charge in [0.2, 0.25) is 5.91 Å². The van der Waals surface area contributed by atoms with E-state index in [0.717, 1.165) is 29.8 Å². The number of benzene rings is 1.